The van der Waals surface area contributed by atoms with Gasteiger partial charge < -0.3 is 14.8 Å². The van der Waals surface area contributed by atoms with E-state index in [1.807, 2.05) is 73.0 Å². The molecule has 13 heteroatoms. The minimum Gasteiger partial charge on any atom is -0.497 e. The van der Waals surface area contributed by atoms with Gasteiger partial charge in [-0.1, -0.05) is 36.0 Å². The predicted molar refractivity (Wildman–Crippen MR) is 179 cm³/mol. The van der Waals surface area contributed by atoms with Crippen LogP contribution in [0.1, 0.15) is 46.0 Å². The number of methoxy groups -OCH3 is 1. The molecule has 0 fully saturated rings. The van der Waals surface area contributed by atoms with Crippen LogP contribution in [0.5, 0.6) is 11.5 Å². The Balaban J connectivity index is 1.24. The lowest BCUT2D eigenvalue weighted by Gasteiger charge is -2.22. The van der Waals surface area contributed by atoms with Gasteiger partial charge in [-0.2, -0.15) is 5.10 Å². The van der Waals surface area contributed by atoms with Crippen molar-refractivity contribution in [1.82, 2.24) is 25.1 Å². The quantitative estimate of drug-likeness (QED) is 0.156. The van der Waals surface area contributed by atoms with Crippen LogP contribution in [0.25, 0.3) is 5.69 Å². The number of nitrogens with one attached hydrogen (secondary N) is 1. The molecule has 3 aromatic carbocycles. The Bertz CT molecular complexity index is 1880. The smallest absolute Gasteiger partial charge is 0.253 e. The van der Waals surface area contributed by atoms with Gasteiger partial charge in [-0.05, 0) is 78.5 Å². The van der Waals surface area contributed by atoms with Crippen molar-refractivity contribution in [3.63, 3.8) is 0 Å². The molecule has 0 saturated heterocycles. The van der Waals surface area contributed by atoms with Gasteiger partial charge in [-0.3, -0.25) is 14.2 Å². The summed E-state index contributed by atoms with van der Waals surface area (Å²) < 4.78 is 26.4. The summed E-state index contributed by atoms with van der Waals surface area (Å²) in [6, 6.07) is 24.2. The maximum atomic E-state index is 13.8. The third-order valence-electron chi connectivity index (χ3n) is 7.40. The van der Waals surface area contributed by atoms with Crippen molar-refractivity contribution in [1.29, 1.82) is 0 Å². The Hall–Kier alpha value is -5.01. The minimum atomic E-state index is -0.502. The van der Waals surface area contributed by atoms with Gasteiger partial charge in [0.25, 0.3) is 11.8 Å². The predicted octanol–water partition coefficient (Wildman–Crippen LogP) is 6.28. The zero-order chi connectivity index (χ0) is 32.8. The van der Waals surface area contributed by atoms with Crippen LogP contribution in [0.4, 0.5) is 4.39 Å². The van der Waals surface area contributed by atoms with Crippen molar-refractivity contribution in [3.8, 4) is 17.2 Å². The zero-order valence-electron chi connectivity index (χ0n) is 25.6. The fourth-order valence-corrected chi connectivity index (χ4v) is 6.67. The fourth-order valence-electron chi connectivity index (χ4n) is 5.13. The molecule has 0 unspecified atom stereocenters. The highest BCUT2D eigenvalue weighted by Gasteiger charge is 2.34. The third kappa shape index (κ3) is 7.36. The molecule has 240 valence electrons. The number of amides is 2. The Morgan fingerprint density at radius 2 is 1.81 bits per heavy atom. The van der Waals surface area contributed by atoms with Crippen LogP contribution in [0.2, 0.25) is 0 Å². The number of halogens is 1. The number of nitrogens with zero attached hydrogens (tertiary/aromatic N) is 5. The van der Waals surface area contributed by atoms with Crippen LogP contribution in [-0.4, -0.2) is 56.8 Å². The van der Waals surface area contributed by atoms with E-state index in [0.29, 0.717) is 29.8 Å². The summed E-state index contributed by atoms with van der Waals surface area (Å²) in [5.41, 5.74) is 2.72. The van der Waals surface area contributed by atoms with Crippen molar-refractivity contribution in [2.24, 2.45) is 5.10 Å². The number of rotatable bonds is 12. The Morgan fingerprint density at radius 1 is 1.02 bits per heavy atom. The number of hydrazone groups is 1. The number of hydrogen-bond donors (Lipinski definition) is 1. The molecule has 2 amide bonds. The maximum absolute atomic E-state index is 13.8. The van der Waals surface area contributed by atoms with Crippen LogP contribution in [0.15, 0.2) is 101 Å². The first kappa shape index (κ1) is 32.0. The van der Waals surface area contributed by atoms with Gasteiger partial charge in [0.15, 0.2) is 11.0 Å². The first-order chi connectivity index (χ1) is 22.9. The molecule has 1 N–H and O–H groups in total. The summed E-state index contributed by atoms with van der Waals surface area (Å²) in [6.07, 6.45) is 0.584. The van der Waals surface area contributed by atoms with Gasteiger partial charge in [0.1, 0.15) is 17.3 Å². The lowest BCUT2D eigenvalue weighted by Crippen LogP contribution is -2.28. The lowest BCUT2D eigenvalue weighted by atomic mass is 10.0. The molecule has 0 saturated carbocycles. The van der Waals surface area contributed by atoms with Crippen molar-refractivity contribution < 1.29 is 23.5 Å². The second-order valence-electron chi connectivity index (χ2n) is 10.4. The van der Waals surface area contributed by atoms with E-state index in [4.69, 9.17) is 14.6 Å². The fraction of sp³-hybridized carbons (Fsp3) is 0.206. The average Bonchev–Trinajstić information content (AvgIpc) is 3.87. The van der Waals surface area contributed by atoms with E-state index in [9.17, 15) is 14.0 Å². The highest BCUT2D eigenvalue weighted by atomic mass is 32.2. The SMILES string of the molecule is CCOc1ccc(-n2c(CNC(=O)c3cccc(F)c3)nnc2SCC(=O)N2N=C(c3cccs3)C[C@H]2c2ccc(OC)cc2)cc1. The first-order valence-electron chi connectivity index (χ1n) is 14.8. The Morgan fingerprint density at radius 3 is 2.51 bits per heavy atom. The molecule has 3 heterocycles. The summed E-state index contributed by atoms with van der Waals surface area (Å²) >= 11 is 2.81. The molecule has 1 aliphatic rings. The van der Waals surface area contributed by atoms with Crippen molar-refractivity contribution in [3.05, 3.63) is 118 Å². The molecule has 2 aromatic heterocycles. The molecule has 1 atom stereocenters. The number of thiophene rings is 1. The molecule has 10 nitrogen and oxygen atoms in total. The topological polar surface area (TPSA) is 111 Å². The number of carbonyl (C=O) groups is 2. The normalized spacial score (nSPS) is 14.1. The summed E-state index contributed by atoms with van der Waals surface area (Å²) in [7, 11) is 1.62. The highest BCUT2D eigenvalue weighted by molar-refractivity contribution is 7.99. The molecule has 6 rings (SSSR count). The number of carbonyl (C=O) groups excluding carboxylic acids is 2. The molecule has 0 aliphatic carbocycles. The van der Waals surface area contributed by atoms with Gasteiger partial charge in [-0.15, -0.1) is 21.5 Å². The second kappa shape index (κ2) is 14.6. The highest BCUT2D eigenvalue weighted by Crippen LogP contribution is 2.35. The van der Waals surface area contributed by atoms with Crippen molar-refractivity contribution >= 4 is 40.6 Å². The van der Waals surface area contributed by atoms with Gasteiger partial charge in [0.2, 0.25) is 0 Å². The number of ether oxygens (including phenoxy) is 2. The standard InChI is InChI=1S/C34H31FN6O4S2/c1-3-45-27-15-11-25(12-16-27)40-31(20-36-33(43)23-6-4-7-24(35)18-23)37-38-34(40)47-21-32(42)41-29(22-9-13-26(44-2)14-10-22)19-28(39-41)30-8-5-17-46-30/h4-18,29H,3,19-21H2,1-2H3,(H,36,43)/t29-/m0/s1. The van der Waals surface area contributed by atoms with Crippen LogP contribution < -0.4 is 14.8 Å². The van der Waals surface area contributed by atoms with E-state index >= 15 is 0 Å². The van der Waals surface area contributed by atoms with E-state index in [2.05, 4.69) is 15.5 Å². The van der Waals surface area contributed by atoms with Gasteiger partial charge in [-0.25, -0.2) is 9.40 Å². The largest absolute Gasteiger partial charge is 0.497 e. The first-order valence-corrected chi connectivity index (χ1v) is 16.7. The van der Waals surface area contributed by atoms with Crippen LogP contribution in [-0.2, 0) is 11.3 Å². The zero-order valence-corrected chi connectivity index (χ0v) is 27.3. The van der Waals surface area contributed by atoms with Gasteiger partial charge in [0, 0.05) is 17.7 Å². The van der Waals surface area contributed by atoms with E-state index < -0.39 is 11.7 Å². The summed E-state index contributed by atoms with van der Waals surface area (Å²) in [6.45, 7) is 2.45. The van der Waals surface area contributed by atoms with Crippen LogP contribution >= 0.6 is 23.1 Å². The molecular formula is C34H31FN6O4S2. The average molecular weight is 671 g/mol. The Labute approximate surface area is 279 Å². The van der Waals surface area contributed by atoms with E-state index in [1.54, 1.807) is 28.0 Å². The van der Waals surface area contributed by atoms with Crippen molar-refractivity contribution in [2.45, 2.75) is 31.1 Å². The summed E-state index contributed by atoms with van der Waals surface area (Å²) in [5.74, 6) is 0.766. The third-order valence-corrected chi connectivity index (χ3v) is 9.23. The minimum absolute atomic E-state index is 0.0181. The van der Waals surface area contributed by atoms with Crippen molar-refractivity contribution in [2.75, 3.05) is 19.5 Å². The molecule has 0 spiro atoms. The monoisotopic (exact) mass is 670 g/mol. The summed E-state index contributed by atoms with van der Waals surface area (Å²) in [4.78, 5) is 27.6. The second-order valence-corrected chi connectivity index (χ2v) is 12.3. The van der Waals surface area contributed by atoms with Gasteiger partial charge in [0.05, 0.1) is 42.6 Å². The molecule has 5 aromatic rings. The maximum Gasteiger partial charge on any atom is 0.253 e. The number of hydrogen-bond acceptors (Lipinski definition) is 9. The molecule has 1 aliphatic heterocycles. The molecule has 0 bridgehead atoms. The van der Waals surface area contributed by atoms with E-state index in [0.717, 1.165) is 27.6 Å². The number of thioether (sulfide) groups is 1. The lowest BCUT2D eigenvalue weighted by molar-refractivity contribution is -0.130. The Kier molecular flexibility index (Phi) is 9.93. The number of aromatic nitrogens is 3. The van der Waals surface area contributed by atoms with E-state index in [-0.39, 0.29) is 29.8 Å². The molecule has 0 radical (unpaired) electrons. The van der Waals surface area contributed by atoms with Crippen LogP contribution in [0.3, 0.4) is 0 Å². The molecular weight excluding hydrogens is 640 g/mol. The number of benzene rings is 3. The van der Waals surface area contributed by atoms with Gasteiger partial charge >= 0.3 is 0 Å². The summed E-state index contributed by atoms with van der Waals surface area (Å²) in [5, 5.41) is 20.3. The van der Waals surface area contributed by atoms with E-state index in [1.165, 1.54) is 36.0 Å². The molecule has 47 heavy (non-hydrogen) atoms. The van der Waals surface area contributed by atoms with Crippen LogP contribution in [0, 0.1) is 5.82 Å².